The van der Waals surface area contributed by atoms with Gasteiger partial charge in [0.15, 0.2) is 5.82 Å². The molecule has 0 radical (unpaired) electrons. The first kappa shape index (κ1) is 14.9. The van der Waals surface area contributed by atoms with E-state index in [0.29, 0.717) is 0 Å². The standard InChI is InChI=1S/C17H25N3O.ClH/c1-16(2-3-18-10-16)15-19-14(20-21-15)17-7-11-4-12(8-17)6-13(5-11)9-17;/h11-13,18H,2-10H2,1H3;1H. The fraction of sp³-hybridized carbons (Fsp3) is 0.882. The Balaban J connectivity index is 0.00000125. The molecule has 0 spiro atoms. The number of hydrogen-bond acceptors (Lipinski definition) is 4. The lowest BCUT2D eigenvalue weighted by molar-refractivity contribution is -0.0103. The van der Waals surface area contributed by atoms with Gasteiger partial charge in [0.25, 0.3) is 0 Å². The lowest BCUT2D eigenvalue weighted by Gasteiger charge is -2.55. The molecule has 4 saturated carbocycles. The first-order chi connectivity index (χ1) is 10.2. The molecule has 122 valence electrons. The van der Waals surface area contributed by atoms with E-state index in [1.807, 2.05) is 0 Å². The summed E-state index contributed by atoms with van der Waals surface area (Å²) in [5.41, 5.74) is 0.312. The summed E-state index contributed by atoms with van der Waals surface area (Å²) in [6.45, 7) is 4.28. The van der Waals surface area contributed by atoms with Gasteiger partial charge in [0.2, 0.25) is 5.89 Å². The summed E-state index contributed by atoms with van der Waals surface area (Å²) in [7, 11) is 0. The highest BCUT2D eigenvalue weighted by atomic mass is 35.5. The Labute approximate surface area is 138 Å². The van der Waals surface area contributed by atoms with E-state index in [1.165, 1.54) is 38.5 Å². The zero-order chi connectivity index (χ0) is 14.1. The number of aromatic nitrogens is 2. The molecule has 4 bridgehead atoms. The van der Waals surface area contributed by atoms with Crippen LogP contribution in [0.1, 0.15) is 63.6 Å². The summed E-state index contributed by atoms with van der Waals surface area (Å²) < 4.78 is 5.74. The average Bonchev–Trinajstić information content (AvgIpc) is 3.06. The highest BCUT2D eigenvalue weighted by Crippen LogP contribution is 2.60. The Morgan fingerprint density at radius 1 is 1.09 bits per heavy atom. The maximum atomic E-state index is 5.74. The van der Waals surface area contributed by atoms with Gasteiger partial charge >= 0.3 is 0 Å². The molecular formula is C17H26ClN3O. The SMILES string of the molecule is CC1(c2nc(C34CC5CC(CC(C5)C3)C4)no2)CCNC1.Cl. The molecule has 5 fully saturated rings. The smallest absolute Gasteiger partial charge is 0.233 e. The van der Waals surface area contributed by atoms with Gasteiger partial charge in [-0.2, -0.15) is 4.98 Å². The van der Waals surface area contributed by atoms with Crippen LogP contribution >= 0.6 is 12.4 Å². The molecule has 22 heavy (non-hydrogen) atoms. The van der Waals surface area contributed by atoms with Crippen molar-refractivity contribution in [3.63, 3.8) is 0 Å². The fourth-order valence-electron chi connectivity index (χ4n) is 6.07. The van der Waals surface area contributed by atoms with Gasteiger partial charge in [0.05, 0.1) is 5.41 Å². The summed E-state index contributed by atoms with van der Waals surface area (Å²) in [4.78, 5) is 4.94. The molecule has 0 aromatic carbocycles. The van der Waals surface area contributed by atoms with Crippen LogP contribution in [0.2, 0.25) is 0 Å². The van der Waals surface area contributed by atoms with E-state index in [0.717, 1.165) is 49.0 Å². The van der Waals surface area contributed by atoms with Crippen molar-refractivity contribution < 1.29 is 4.52 Å². The lowest BCUT2D eigenvalue weighted by atomic mass is 9.49. The maximum Gasteiger partial charge on any atom is 0.233 e. The van der Waals surface area contributed by atoms with Crippen LogP contribution in [-0.4, -0.2) is 23.2 Å². The summed E-state index contributed by atoms with van der Waals surface area (Å²) in [6, 6.07) is 0. The van der Waals surface area contributed by atoms with Gasteiger partial charge in [0, 0.05) is 12.0 Å². The van der Waals surface area contributed by atoms with Crippen molar-refractivity contribution in [1.29, 1.82) is 0 Å². The number of nitrogens with one attached hydrogen (secondary N) is 1. The number of nitrogens with zero attached hydrogens (tertiary/aromatic N) is 2. The zero-order valence-corrected chi connectivity index (χ0v) is 14.1. The normalized spacial score (nSPS) is 46.0. The molecule has 5 aliphatic rings. The minimum atomic E-state index is 0. The Kier molecular flexibility index (Phi) is 3.36. The van der Waals surface area contributed by atoms with Crippen molar-refractivity contribution in [1.82, 2.24) is 15.5 Å². The Morgan fingerprint density at radius 2 is 1.73 bits per heavy atom. The van der Waals surface area contributed by atoms with Crippen molar-refractivity contribution in [3.05, 3.63) is 11.7 Å². The van der Waals surface area contributed by atoms with E-state index in [2.05, 4.69) is 17.4 Å². The van der Waals surface area contributed by atoms with Gasteiger partial charge < -0.3 is 9.84 Å². The molecule has 1 aliphatic heterocycles. The van der Waals surface area contributed by atoms with E-state index < -0.39 is 0 Å². The van der Waals surface area contributed by atoms with Gasteiger partial charge in [-0.1, -0.05) is 5.16 Å². The molecule has 6 rings (SSSR count). The Bertz CT molecular complexity index is 529. The van der Waals surface area contributed by atoms with Crippen molar-refractivity contribution in [3.8, 4) is 0 Å². The van der Waals surface area contributed by atoms with Gasteiger partial charge in [0.1, 0.15) is 0 Å². The van der Waals surface area contributed by atoms with Crippen LogP contribution in [0.3, 0.4) is 0 Å². The van der Waals surface area contributed by atoms with Crippen molar-refractivity contribution in [2.75, 3.05) is 13.1 Å². The van der Waals surface area contributed by atoms with Crippen LogP contribution in [-0.2, 0) is 10.8 Å². The van der Waals surface area contributed by atoms with E-state index >= 15 is 0 Å². The maximum absolute atomic E-state index is 5.74. The first-order valence-electron chi connectivity index (χ1n) is 8.71. The molecule has 2 heterocycles. The molecule has 0 amide bonds. The van der Waals surface area contributed by atoms with Crippen molar-refractivity contribution in [2.45, 2.75) is 62.7 Å². The highest BCUT2D eigenvalue weighted by molar-refractivity contribution is 5.85. The van der Waals surface area contributed by atoms with Crippen LogP contribution < -0.4 is 5.32 Å². The minimum Gasteiger partial charge on any atom is -0.339 e. The second kappa shape index (κ2) is 4.94. The Hall–Kier alpha value is -0.610. The molecule has 1 atom stereocenters. The third-order valence-electron chi connectivity index (χ3n) is 6.82. The number of halogens is 1. The second-order valence-corrected chi connectivity index (χ2v) is 8.61. The molecular weight excluding hydrogens is 298 g/mol. The van der Waals surface area contributed by atoms with Crippen molar-refractivity contribution in [2.24, 2.45) is 17.8 Å². The zero-order valence-electron chi connectivity index (χ0n) is 13.3. The molecule has 1 aromatic rings. The third kappa shape index (κ3) is 2.06. The van der Waals surface area contributed by atoms with E-state index in [1.54, 1.807) is 0 Å². The Morgan fingerprint density at radius 3 is 2.27 bits per heavy atom. The summed E-state index contributed by atoms with van der Waals surface area (Å²) in [6.07, 6.45) is 9.44. The van der Waals surface area contributed by atoms with Gasteiger partial charge in [-0.3, -0.25) is 0 Å². The predicted molar refractivity (Wildman–Crippen MR) is 86.2 cm³/mol. The summed E-state index contributed by atoms with van der Waals surface area (Å²) in [5, 5.41) is 7.91. The second-order valence-electron chi connectivity index (χ2n) is 8.61. The third-order valence-corrected chi connectivity index (χ3v) is 6.82. The highest BCUT2D eigenvalue weighted by Gasteiger charge is 2.54. The largest absolute Gasteiger partial charge is 0.339 e. The van der Waals surface area contributed by atoms with Crippen molar-refractivity contribution >= 4 is 12.4 Å². The topological polar surface area (TPSA) is 51.0 Å². The predicted octanol–water partition coefficient (Wildman–Crippen LogP) is 3.21. The van der Waals surface area contributed by atoms with Crippen LogP contribution in [0.15, 0.2) is 4.52 Å². The fourth-order valence-corrected chi connectivity index (χ4v) is 6.07. The molecule has 1 unspecified atom stereocenters. The van der Waals surface area contributed by atoms with Gasteiger partial charge in [-0.25, -0.2) is 0 Å². The molecule has 5 heteroatoms. The monoisotopic (exact) mass is 323 g/mol. The lowest BCUT2D eigenvalue weighted by Crippen LogP contribution is -2.49. The summed E-state index contributed by atoms with van der Waals surface area (Å²) >= 11 is 0. The van der Waals surface area contributed by atoms with Gasteiger partial charge in [-0.15, -0.1) is 12.4 Å². The molecule has 1 aromatic heterocycles. The van der Waals surface area contributed by atoms with Crippen LogP contribution in [0.4, 0.5) is 0 Å². The minimum absolute atomic E-state index is 0. The number of hydrogen-bond donors (Lipinski definition) is 1. The van der Waals surface area contributed by atoms with Crippen LogP contribution in [0, 0.1) is 17.8 Å². The molecule has 4 aliphatic carbocycles. The van der Waals surface area contributed by atoms with Crippen LogP contribution in [0.5, 0.6) is 0 Å². The first-order valence-corrected chi connectivity index (χ1v) is 8.71. The van der Waals surface area contributed by atoms with E-state index in [9.17, 15) is 0 Å². The van der Waals surface area contributed by atoms with E-state index in [-0.39, 0.29) is 23.2 Å². The molecule has 1 saturated heterocycles. The van der Waals surface area contributed by atoms with E-state index in [4.69, 9.17) is 9.51 Å². The molecule has 1 N–H and O–H groups in total. The number of rotatable bonds is 2. The quantitative estimate of drug-likeness (QED) is 0.908. The summed E-state index contributed by atoms with van der Waals surface area (Å²) in [5.74, 6) is 4.72. The average molecular weight is 324 g/mol. The van der Waals surface area contributed by atoms with Gasteiger partial charge in [-0.05, 0) is 76.2 Å². The van der Waals surface area contributed by atoms with Crippen LogP contribution in [0.25, 0.3) is 0 Å². The molecule has 4 nitrogen and oxygen atoms in total.